The molecule has 2 heteroatoms. The van der Waals surface area contributed by atoms with Gasteiger partial charge in [-0.15, -0.1) is 0 Å². The van der Waals surface area contributed by atoms with Crippen LogP contribution in [0.25, 0.3) is 0 Å². The molecule has 106 valence electrons. The Balaban J connectivity index is 1.72. The largest absolute Gasteiger partial charge is 0.396 e. The third kappa shape index (κ3) is 4.63. The summed E-state index contributed by atoms with van der Waals surface area (Å²) in [4.78, 5) is 2.63. The molecule has 1 aromatic carbocycles. The summed E-state index contributed by atoms with van der Waals surface area (Å²) in [5, 5.41) is 8.95. The summed E-state index contributed by atoms with van der Waals surface area (Å²) in [5.41, 5.74) is 2.82. The number of rotatable bonds is 7. The molecule has 1 fully saturated rings. The molecular weight excluding hydrogens is 234 g/mol. The van der Waals surface area contributed by atoms with Gasteiger partial charge in [-0.2, -0.15) is 0 Å². The standard InChI is InChI=1S/C17H27NO/c1-15-6-2-7-16(14-15)8-3-11-18-12-4-9-17(18)10-5-13-19/h2,6-7,14,17,19H,3-5,8-13H2,1H3. The highest BCUT2D eigenvalue weighted by Crippen LogP contribution is 2.21. The van der Waals surface area contributed by atoms with Gasteiger partial charge in [0.05, 0.1) is 0 Å². The second-order valence-electron chi connectivity index (χ2n) is 5.79. The summed E-state index contributed by atoms with van der Waals surface area (Å²) in [6.45, 7) is 4.97. The molecule has 1 unspecified atom stereocenters. The predicted octanol–water partition coefficient (Wildman–Crippen LogP) is 3.16. The molecule has 1 saturated heterocycles. The van der Waals surface area contributed by atoms with Crippen LogP contribution in [0, 0.1) is 6.92 Å². The number of nitrogens with zero attached hydrogens (tertiary/aromatic N) is 1. The van der Waals surface area contributed by atoms with Gasteiger partial charge in [0.1, 0.15) is 0 Å². The Morgan fingerprint density at radius 1 is 1.32 bits per heavy atom. The van der Waals surface area contributed by atoms with Gasteiger partial charge < -0.3 is 10.0 Å². The average molecular weight is 261 g/mol. The first-order valence-corrected chi connectivity index (χ1v) is 7.70. The molecule has 1 atom stereocenters. The van der Waals surface area contributed by atoms with E-state index in [9.17, 15) is 0 Å². The fourth-order valence-corrected chi connectivity index (χ4v) is 3.20. The van der Waals surface area contributed by atoms with Crippen molar-refractivity contribution in [2.75, 3.05) is 19.7 Å². The van der Waals surface area contributed by atoms with Gasteiger partial charge in [-0.05, 0) is 64.1 Å². The monoisotopic (exact) mass is 261 g/mol. The van der Waals surface area contributed by atoms with Gasteiger partial charge in [0.15, 0.2) is 0 Å². The van der Waals surface area contributed by atoms with Crippen molar-refractivity contribution in [2.24, 2.45) is 0 Å². The quantitative estimate of drug-likeness (QED) is 0.815. The molecule has 1 aliphatic rings. The number of hydrogen-bond donors (Lipinski definition) is 1. The van der Waals surface area contributed by atoms with E-state index in [4.69, 9.17) is 5.11 Å². The Hall–Kier alpha value is -0.860. The Labute approximate surface area is 117 Å². The summed E-state index contributed by atoms with van der Waals surface area (Å²) in [5.74, 6) is 0. The van der Waals surface area contributed by atoms with E-state index < -0.39 is 0 Å². The Morgan fingerprint density at radius 2 is 2.21 bits per heavy atom. The number of aliphatic hydroxyl groups excluding tert-OH is 1. The number of aryl methyl sites for hydroxylation is 2. The zero-order chi connectivity index (χ0) is 13.5. The van der Waals surface area contributed by atoms with E-state index in [0.29, 0.717) is 6.61 Å². The van der Waals surface area contributed by atoms with Gasteiger partial charge in [0.2, 0.25) is 0 Å². The van der Waals surface area contributed by atoms with Crippen molar-refractivity contribution in [3.05, 3.63) is 35.4 Å². The lowest BCUT2D eigenvalue weighted by atomic mass is 10.1. The topological polar surface area (TPSA) is 23.5 Å². The second-order valence-corrected chi connectivity index (χ2v) is 5.79. The fourth-order valence-electron chi connectivity index (χ4n) is 3.20. The highest BCUT2D eigenvalue weighted by molar-refractivity contribution is 5.22. The van der Waals surface area contributed by atoms with E-state index in [1.807, 2.05) is 0 Å². The molecule has 0 radical (unpaired) electrons. The summed E-state index contributed by atoms with van der Waals surface area (Å²) in [6.07, 6.45) is 7.22. The van der Waals surface area contributed by atoms with Crippen LogP contribution in [0.1, 0.15) is 43.2 Å². The molecule has 1 N–H and O–H groups in total. The summed E-state index contributed by atoms with van der Waals surface area (Å²) >= 11 is 0. The van der Waals surface area contributed by atoms with Crippen molar-refractivity contribution >= 4 is 0 Å². The molecule has 0 spiro atoms. The maximum Gasteiger partial charge on any atom is 0.0431 e. The maximum absolute atomic E-state index is 8.95. The zero-order valence-electron chi connectivity index (χ0n) is 12.1. The van der Waals surface area contributed by atoms with Crippen LogP contribution >= 0.6 is 0 Å². The van der Waals surface area contributed by atoms with Crippen molar-refractivity contribution in [1.82, 2.24) is 4.90 Å². The lowest BCUT2D eigenvalue weighted by Crippen LogP contribution is -2.30. The smallest absolute Gasteiger partial charge is 0.0431 e. The van der Waals surface area contributed by atoms with E-state index in [-0.39, 0.29) is 0 Å². The normalized spacial score (nSPS) is 20.0. The molecule has 1 aliphatic heterocycles. The van der Waals surface area contributed by atoms with Crippen LogP contribution < -0.4 is 0 Å². The van der Waals surface area contributed by atoms with Gasteiger partial charge in [-0.3, -0.25) is 0 Å². The SMILES string of the molecule is Cc1cccc(CCCN2CCCC2CCCO)c1. The summed E-state index contributed by atoms with van der Waals surface area (Å²) in [6, 6.07) is 9.58. The van der Waals surface area contributed by atoms with Crippen LogP contribution in [0.5, 0.6) is 0 Å². The molecule has 0 aromatic heterocycles. The van der Waals surface area contributed by atoms with E-state index in [0.717, 1.165) is 12.5 Å². The first-order valence-electron chi connectivity index (χ1n) is 7.70. The van der Waals surface area contributed by atoms with E-state index in [1.165, 1.54) is 56.3 Å². The number of aliphatic hydroxyl groups is 1. The molecule has 2 nitrogen and oxygen atoms in total. The summed E-state index contributed by atoms with van der Waals surface area (Å²) < 4.78 is 0. The Kier molecular flexibility index (Phi) is 5.87. The van der Waals surface area contributed by atoms with Gasteiger partial charge in [0.25, 0.3) is 0 Å². The molecule has 0 aliphatic carbocycles. The molecular formula is C17H27NO. The van der Waals surface area contributed by atoms with E-state index in [1.54, 1.807) is 0 Å². The van der Waals surface area contributed by atoms with E-state index in [2.05, 4.69) is 36.1 Å². The number of benzene rings is 1. The molecule has 0 saturated carbocycles. The number of likely N-dealkylation sites (tertiary alicyclic amines) is 1. The third-order valence-corrected chi connectivity index (χ3v) is 4.19. The molecule has 2 rings (SSSR count). The van der Waals surface area contributed by atoms with Crippen LogP contribution in [-0.2, 0) is 6.42 Å². The zero-order valence-corrected chi connectivity index (χ0v) is 12.1. The minimum atomic E-state index is 0.341. The van der Waals surface area contributed by atoms with Crippen LogP contribution in [0.15, 0.2) is 24.3 Å². The lowest BCUT2D eigenvalue weighted by molar-refractivity contribution is 0.214. The molecule has 1 aromatic rings. The summed E-state index contributed by atoms with van der Waals surface area (Å²) in [7, 11) is 0. The minimum absolute atomic E-state index is 0.341. The third-order valence-electron chi connectivity index (χ3n) is 4.19. The van der Waals surface area contributed by atoms with Gasteiger partial charge in [0, 0.05) is 12.6 Å². The first kappa shape index (κ1) is 14.5. The van der Waals surface area contributed by atoms with Gasteiger partial charge in [-0.1, -0.05) is 29.8 Å². The molecule has 0 amide bonds. The van der Waals surface area contributed by atoms with E-state index >= 15 is 0 Å². The molecule has 1 heterocycles. The van der Waals surface area contributed by atoms with Crippen LogP contribution in [0.2, 0.25) is 0 Å². The maximum atomic E-state index is 8.95. The van der Waals surface area contributed by atoms with Crippen LogP contribution in [-0.4, -0.2) is 35.7 Å². The number of hydrogen-bond acceptors (Lipinski definition) is 2. The van der Waals surface area contributed by atoms with Crippen LogP contribution in [0.4, 0.5) is 0 Å². The average Bonchev–Trinajstić information content (AvgIpc) is 2.84. The van der Waals surface area contributed by atoms with Crippen molar-refractivity contribution in [3.63, 3.8) is 0 Å². The second kappa shape index (κ2) is 7.66. The molecule has 19 heavy (non-hydrogen) atoms. The van der Waals surface area contributed by atoms with Gasteiger partial charge >= 0.3 is 0 Å². The fraction of sp³-hybridized carbons (Fsp3) is 0.647. The highest BCUT2D eigenvalue weighted by Gasteiger charge is 2.22. The Morgan fingerprint density at radius 3 is 3.00 bits per heavy atom. The lowest BCUT2D eigenvalue weighted by Gasteiger charge is -2.24. The van der Waals surface area contributed by atoms with Crippen molar-refractivity contribution in [2.45, 2.75) is 51.5 Å². The highest BCUT2D eigenvalue weighted by atomic mass is 16.2. The van der Waals surface area contributed by atoms with Crippen molar-refractivity contribution < 1.29 is 5.11 Å². The molecule has 0 bridgehead atoms. The first-order chi connectivity index (χ1) is 9.29. The minimum Gasteiger partial charge on any atom is -0.396 e. The van der Waals surface area contributed by atoms with Crippen molar-refractivity contribution in [3.8, 4) is 0 Å². The Bertz CT molecular complexity index is 377. The van der Waals surface area contributed by atoms with Gasteiger partial charge in [-0.25, -0.2) is 0 Å². The predicted molar refractivity (Wildman–Crippen MR) is 80.4 cm³/mol. The van der Waals surface area contributed by atoms with Crippen molar-refractivity contribution in [1.29, 1.82) is 0 Å². The van der Waals surface area contributed by atoms with Crippen LogP contribution in [0.3, 0.4) is 0 Å².